The Morgan fingerprint density at radius 1 is 1.18 bits per heavy atom. The first-order chi connectivity index (χ1) is 19.4. The van der Waals surface area contributed by atoms with Crippen molar-refractivity contribution in [3.8, 4) is 23.5 Å². The molecule has 1 aliphatic heterocycles. The molecular formula is C27H23F2N9O2. The summed E-state index contributed by atoms with van der Waals surface area (Å²) in [6, 6.07) is 13.6. The summed E-state index contributed by atoms with van der Waals surface area (Å²) in [5.74, 6) is 1.58. The van der Waals surface area contributed by atoms with Gasteiger partial charge < -0.3 is 14.8 Å². The Bertz CT molecular complexity index is 1740. The summed E-state index contributed by atoms with van der Waals surface area (Å²) in [6.07, 6.45) is -0.308. The molecule has 6 rings (SSSR count). The van der Waals surface area contributed by atoms with E-state index in [2.05, 4.69) is 30.6 Å². The number of nitriles is 1. The molecule has 0 aliphatic carbocycles. The van der Waals surface area contributed by atoms with E-state index in [1.807, 2.05) is 18.2 Å². The average molecular weight is 544 g/mol. The maximum atomic E-state index is 13.9. The summed E-state index contributed by atoms with van der Waals surface area (Å²) >= 11 is 0. The number of methoxy groups -OCH3 is 1. The van der Waals surface area contributed by atoms with Crippen molar-refractivity contribution in [2.75, 3.05) is 25.6 Å². The molecule has 1 fully saturated rings. The number of benzene rings is 1. The second-order valence-corrected chi connectivity index (χ2v) is 9.26. The Balaban J connectivity index is 1.36. The van der Waals surface area contributed by atoms with Crippen molar-refractivity contribution in [3.63, 3.8) is 0 Å². The molecule has 0 spiro atoms. The van der Waals surface area contributed by atoms with E-state index in [4.69, 9.17) is 9.47 Å². The summed E-state index contributed by atoms with van der Waals surface area (Å²) in [5.41, 5.74) is 3.08. The molecule has 0 radical (unpaired) electrons. The number of alkyl halides is 2. The van der Waals surface area contributed by atoms with Crippen molar-refractivity contribution >= 4 is 22.5 Å². The number of anilines is 2. The number of rotatable bonds is 7. The van der Waals surface area contributed by atoms with Crippen LogP contribution in [0.25, 0.3) is 22.7 Å². The fraction of sp³-hybridized carbons (Fsp3) is 0.259. The summed E-state index contributed by atoms with van der Waals surface area (Å²) in [7, 11) is 1.54. The minimum Gasteiger partial charge on any atom is -0.494 e. The Labute approximate surface area is 227 Å². The second-order valence-electron chi connectivity index (χ2n) is 9.26. The standard InChI is InChI=1S/C27H23F2N9O2/c1-15-9-17(12-30)36-38(15)27-18(26(28)29)3-6-25(33-27)37-14-31-20-10-21(23(39-2)11-22(20)37)32-24-5-4-19(34-35-24)16-7-8-40-13-16/h3-6,9-11,14,16,26H,7-8,13H2,1-2H3,(H,32,35). The van der Waals surface area contributed by atoms with Gasteiger partial charge in [-0.25, -0.2) is 23.4 Å². The Morgan fingerprint density at radius 2 is 2.05 bits per heavy atom. The second kappa shape index (κ2) is 10.3. The van der Waals surface area contributed by atoms with E-state index < -0.39 is 6.43 Å². The molecule has 1 aromatic carbocycles. The highest BCUT2D eigenvalue weighted by molar-refractivity contribution is 5.85. The predicted octanol–water partition coefficient (Wildman–Crippen LogP) is 4.77. The molecule has 1 N–H and O–H groups in total. The number of fused-ring (bicyclic) bond motifs is 1. The van der Waals surface area contributed by atoms with Gasteiger partial charge in [-0.1, -0.05) is 0 Å². The number of ether oxygens (including phenoxy) is 2. The third-order valence-electron chi connectivity index (χ3n) is 6.74. The third kappa shape index (κ3) is 4.58. The van der Waals surface area contributed by atoms with Gasteiger partial charge in [0.25, 0.3) is 6.43 Å². The normalized spacial score (nSPS) is 15.1. The number of hydrogen-bond acceptors (Lipinski definition) is 9. The van der Waals surface area contributed by atoms with Crippen LogP contribution >= 0.6 is 0 Å². The zero-order chi connectivity index (χ0) is 27.8. The van der Waals surface area contributed by atoms with Gasteiger partial charge >= 0.3 is 0 Å². The highest BCUT2D eigenvalue weighted by Gasteiger charge is 2.22. The van der Waals surface area contributed by atoms with Gasteiger partial charge in [-0.3, -0.25) is 4.57 Å². The van der Waals surface area contributed by atoms with Crippen molar-refractivity contribution in [3.05, 3.63) is 71.4 Å². The number of nitrogens with zero attached hydrogens (tertiary/aromatic N) is 8. The van der Waals surface area contributed by atoms with Crippen LogP contribution in [0.4, 0.5) is 20.3 Å². The zero-order valence-corrected chi connectivity index (χ0v) is 21.5. The lowest BCUT2D eigenvalue weighted by atomic mass is 10.1. The van der Waals surface area contributed by atoms with Crippen LogP contribution in [0.3, 0.4) is 0 Å². The molecule has 202 valence electrons. The third-order valence-corrected chi connectivity index (χ3v) is 6.74. The number of imidazole rings is 1. The molecule has 13 heteroatoms. The van der Waals surface area contributed by atoms with Gasteiger partial charge in [0.2, 0.25) is 0 Å². The lowest BCUT2D eigenvalue weighted by Crippen LogP contribution is -2.09. The van der Waals surface area contributed by atoms with Crippen LogP contribution in [0.15, 0.2) is 48.8 Å². The van der Waals surface area contributed by atoms with Crippen LogP contribution in [0.1, 0.15) is 41.4 Å². The van der Waals surface area contributed by atoms with Crippen LogP contribution < -0.4 is 10.1 Å². The molecular weight excluding hydrogens is 520 g/mol. The van der Waals surface area contributed by atoms with E-state index >= 15 is 0 Å². The molecule has 0 amide bonds. The van der Waals surface area contributed by atoms with Gasteiger partial charge in [-0.15, -0.1) is 5.10 Å². The Hall–Kier alpha value is -4.96. The van der Waals surface area contributed by atoms with Crippen molar-refractivity contribution in [1.82, 2.24) is 34.5 Å². The summed E-state index contributed by atoms with van der Waals surface area (Å²) in [5, 5.41) is 25.2. The van der Waals surface area contributed by atoms with Crippen molar-refractivity contribution in [2.45, 2.75) is 25.7 Å². The largest absolute Gasteiger partial charge is 0.494 e. The van der Waals surface area contributed by atoms with Crippen molar-refractivity contribution in [2.24, 2.45) is 0 Å². The smallest absolute Gasteiger partial charge is 0.267 e. The number of hydrogen-bond donors (Lipinski definition) is 1. The molecule has 1 unspecified atom stereocenters. The first-order valence-electron chi connectivity index (χ1n) is 12.4. The van der Waals surface area contributed by atoms with Crippen LogP contribution in [0.2, 0.25) is 0 Å². The van der Waals surface area contributed by atoms with Crippen molar-refractivity contribution in [1.29, 1.82) is 5.26 Å². The number of nitrogens with one attached hydrogen (secondary N) is 1. The van der Waals surface area contributed by atoms with Crippen LogP contribution in [-0.2, 0) is 4.74 Å². The van der Waals surface area contributed by atoms with Crippen LogP contribution in [0.5, 0.6) is 5.75 Å². The molecule has 1 aliphatic rings. The van der Waals surface area contributed by atoms with Gasteiger partial charge in [0, 0.05) is 24.3 Å². The molecule has 11 nitrogen and oxygen atoms in total. The Kier molecular flexibility index (Phi) is 6.53. The quantitative estimate of drug-likeness (QED) is 0.309. The lowest BCUT2D eigenvalue weighted by molar-refractivity contribution is 0.150. The first-order valence-corrected chi connectivity index (χ1v) is 12.4. The van der Waals surface area contributed by atoms with E-state index in [1.165, 1.54) is 22.9 Å². The summed E-state index contributed by atoms with van der Waals surface area (Å²) in [6.45, 7) is 3.05. The topological polar surface area (TPSA) is 129 Å². The van der Waals surface area contributed by atoms with E-state index in [9.17, 15) is 14.0 Å². The van der Waals surface area contributed by atoms with Gasteiger partial charge in [0.1, 0.15) is 24.0 Å². The lowest BCUT2D eigenvalue weighted by Gasteiger charge is -2.14. The maximum absolute atomic E-state index is 13.9. The van der Waals surface area contributed by atoms with E-state index in [-0.39, 0.29) is 23.0 Å². The summed E-state index contributed by atoms with van der Waals surface area (Å²) < 4.78 is 41.7. The van der Waals surface area contributed by atoms with Gasteiger partial charge in [-0.05, 0) is 49.7 Å². The fourth-order valence-electron chi connectivity index (χ4n) is 4.68. The zero-order valence-electron chi connectivity index (χ0n) is 21.5. The highest BCUT2D eigenvalue weighted by atomic mass is 19.3. The van der Waals surface area contributed by atoms with E-state index in [1.54, 1.807) is 37.1 Å². The monoisotopic (exact) mass is 543 g/mol. The molecule has 5 aromatic rings. The van der Waals surface area contributed by atoms with Gasteiger partial charge in [0.15, 0.2) is 17.3 Å². The molecule has 4 aromatic heterocycles. The molecule has 0 bridgehead atoms. The van der Waals surface area contributed by atoms with Gasteiger partial charge in [-0.2, -0.15) is 15.5 Å². The van der Waals surface area contributed by atoms with Crippen LogP contribution in [0, 0.1) is 18.3 Å². The number of pyridine rings is 1. The molecule has 1 atom stereocenters. The summed E-state index contributed by atoms with van der Waals surface area (Å²) in [4.78, 5) is 9.00. The van der Waals surface area contributed by atoms with Gasteiger partial charge in [0.05, 0.1) is 41.7 Å². The minimum absolute atomic E-state index is 0.0650. The average Bonchev–Trinajstić information content (AvgIpc) is 3.72. The Morgan fingerprint density at radius 3 is 2.73 bits per heavy atom. The van der Waals surface area contributed by atoms with E-state index in [0.29, 0.717) is 46.4 Å². The van der Waals surface area contributed by atoms with Crippen molar-refractivity contribution < 1.29 is 18.3 Å². The number of aromatic nitrogens is 7. The molecule has 1 saturated heterocycles. The highest BCUT2D eigenvalue weighted by Crippen LogP contribution is 2.34. The molecule has 5 heterocycles. The number of halogens is 2. The molecule has 0 saturated carbocycles. The predicted molar refractivity (Wildman–Crippen MR) is 140 cm³/mol. The first kappa shape index (κ1) is 25.3. The molecule has 40 heavy (non-hydrogen) atoms. The SMILES string of the molecule is COc1cc2c(cc1Nc1ccc(C3CCOC3)nn1)ncn2-c1ccc(C(F)F)c(-n2nc(C#N)cc2C)n1. The maximum Gasteiger partial charge on any atom is 0.267 e. The van der Waals surface area contributed by atoms with Crippen LogP contribution in [-0.4, -0.2) is 54.8 Å². The number of aryl methyl sites for hydroxylation is 1. The minimum atomic E-state index is -2.79. The van der Waals surface area contributed by atoms with E-state index in [0.717, 1.165) is 18.7 Å². The fourth-order valence-corrected chi connectivity index (χ4v) is 4.68.